The van der Waals surface area contributed by atoms with Crippen LogP contribution in [0.15, 0.2) is 12.1 Å². The van der Waals surface area contributed by atoms with Gasteiger partial charge in [0.2, 0.25) is 0 Å². The summed E-state index contributed by atoms with van der Waals surface area (Å²) in [6, 6.07) is 1.82. The highest BCUT2D eigenvalue weighted by Crippen LogP contribution is 2.36. The molecule has 0 spiro atoms. The summed E-state index contributed by atoms with van der Waals surface area (Å²) in [5, 5.41) is 19.7. The van der Waals surface area contributed by atoms with Crippen LogP contribution < -0.4 is 10.5 Å². The quantitative estimate of drug-likeness (QED) is 0.588. The molecule has 17 heavy (non-hydrogen) atoms. The molecule has 0 saturated carbocycles. The molecule has 0 fully saturated rings. The lowest BCUT2D eigenvalue weighted by molar-refractivity contribution is -0.385. The fraction of sp³-hybridized carbons (Fsp3) is 0.300. The number of carboxylic acids is 1. The molecule has 1 aromatic carbocycles. The highest BCUT2D eigenvalue weighted by molar-refractivity contribution is 5.92. The van der Waals surface area contributed by atoms with Crippen LogP contribution in [0.4, 0.5) is 5.69 Å². The second-order valence-electron chi connectivity index (χ2n) is 3.72. The summed E-state index contributed by atoms with van der Waals surface area (Å²) in [6.45, 7) is 0.312. The van der Waals surface area contributed by atoms with Gasteiger partial charge in [-0.05, 0) is 0 Å². The predicted molar refractivity (Wildman–Crippen MR) is 57.1 cm³/mol. The Morgan fingerprint density at radius 1 is 1.59 bits per heavy atom. The molecule has 7 heteroatoms. The van der Waals surface area contributed by atoms with Crippen molar-refractivity contribution < 1.29 is 19.6 Å². The maximum absolute atomic E-state index is 11.0. The molecule has 1 aliphatic rings. The Morgan fingerprint density at radius 2 is 2.29 bits per heavy atom. The van der Waals surface area contributed by atoms with Crippen LogP contribution in [0, 0.1) is 10.1 Å². The number of ether oxygens (including phenoxy) is 1. The lowest BCUT2D eigenvalue weighted by Crippen LogP contribution is -2.22. The minimum atomic E-state index is -1.26. The van der Waals surface area contributed by atoms with E-state index in [2.05, 4.69) is 0 Å². The van der Waals surface area contributed by atoms with E-state index in [0.717, 1.165) is 6.07 Å². The zero-order valence-electron chi connectivity index (χ0n) is 8.75. The first-order valence-corrected chi connectivity index (χ1v) is 4.94. The van der Waals surface area contributed by atoms with Crippen LogP contribution in [-0.4, -0.2) is 22.6 Å². The van der Waals surface area contributed by atoms with Gasteiger partial charge in [0.25, 0.3) is 5.69 Å². The van der Waals surface area contributed by atoms with Gasteiger partial charge in [0, 0.05) is 30.2 Å². The lowest BCUT2D eigenvalue weighted by Gasteiger charge is -2.23. The number of hydrogen-bond donors (Lipinski definition) is 2. The summed E-state index contributed by atoms with van der Waals surface area (Å²) in [5.41, 5.74) is 5.66. The first-order valence-electron chi connectivity index (χ1n) is 4.94. The normalized spacial score (nSPS) is 18.1. The Labute approximate surface area is 95.9 Å². The van der Waals surface area contributed by atoms with Crippen LogP contribution >= 0.6 is 0 Å². The maximum Gasteiger partial charge on any atom is 0.339 e. The standard InChI is InChI=1S/C10H10N2O5/c11-8-1-2-17-9-6(8)3-5(12(15)16)4-7(9)10(13)14/h3-4,8H,1-2,11H2,(H,13,14)/t8-/m0/s1. The summed E-state index contributed by atoms with van der Waals surface area (Å²) >= 11 is 0. The third-order valence-electron chi connectivity index (χ3n) is 2.62. The molecule has 90 valence electrons. The number of aromatic carboxylic acids is 1. The Balaban J connectivity index is 2.66. The van der Waals surface area contributed by atoms with E-state index >= 15 is 0 Å². The Morgan fingerprint density at radius 3 is 2.88 bits per heavy atom. The summed E-state index contributed by atoms with van der Waals surface area (Å²) < 4.78 is 5.24. The van der Waals surface area contributed by atoms with Crippen LogP contribution in [0.2, 0.25) is 0 Å². The van der Waals surface area contributed by atoms with Gasteiger partial charge in [-0.25, -0.2) is 4.79 Å². The Hall–Kier alpha value is -2.15. The number of non-ortho nitro benzene ring substituents is 1. The van der Waals surface area contributed by atoms with E-state index in [1.54, 1.807) is 0 Å². The molecule has 0 bridgehead atoms. The van der Waals surface area contributed by atoms with E-state index in [1.165, 1.54) is 6.07 Å². The average Bonchev–Trinajstić information content (AvgIpc) is 2.28. The topological polar surface area (TPSA) is 116 Å². The molecule has 0 aromatic heterocycles. The molecule has 1 aliphatic heterocycles. The molecule has 3 N–H and O–H groups in total. The van der Waals surface area contributed by atoms with Crippen LogP contribution in [-0.2, 0) is 0 Å². The van der Waals surface area contributed by atoms with E-state index in [9.17, 15) is 14.9 Å². The summed E-state index contributed by atoms with van der Waals surface area (Å²) in [7, 11) is 0. The van der Waals surface area contributed by atoms with Gasteiger partial charge in [-0.1, -0.05) is 0 Å². The number of nitrogens with two attached hydrogens (primary N) is 1. The van der Waals surface area contributed by atoms with Gasteiger partial charge < -0.3 is 15.6 Å². The van der Waals surface area contributed by atoms with Crippen molar-refractivity contribution in [2.75, 3.05) is 6.61 Å². The number of carboxylic acid groups (broad SMARTS) is 1. The van der Waals surface area contributed by atoms with Crippen molar-refractivity contribution in [1.29, 1.82) is 0 Å². The Bertz CT molecular complexity index is 500. The summed E-state index contributed by atoms with van der Waals surface area (Å²) in [6.07, 6.45) is 0.507. The van der Waals surface area contributed by atoms with E-state index in [4.69, 9.17) is 15.6 Å². The van der Waals surface area contributed by atoms with Crippen molar-refractivity contribution in [3.05, 3.63) is 33.4 Å². The highest BCUT2D eigenvalue weighted by atomic mass is 16.6. The van der Waals surface area contributed by atoms with Gasteiger partial charge in [0.15, 0.2) is 0 Å². The van der Waals surface area contributed by atoms with Gasteiger partial charge in [-0.15, -0.1) is 0 Å². The monoisotopic (exact) mass is 238 g/mol. The molecule has 0 amide bonds. The van der Waals surface area contributed by atoms with Gasteiger partial charge in [0.1, 0.15) is 11.3 Å². The van der Waals surface area contributed by atoms with Crippen molar-refractivity contribution in [3.8, 4) is 5.75 Å². The SMILES string of the molecule is N[C@H]1CCOc2c(C(=O)O)cc([N+](=O)[O-])cc21. The molecule has 0 radical (unpaired) electrons. The van der Waals surface area contributed by atoms with Gasteiger partial charge in [-0.2, -0.15) is 0 Å². The van der Waals surface area contributed by atoms with Crippen molar-refractivity contribution in [2.45, 2.75) is 12.5 Å². The molecular weight excluding hydrogens is 228 g/mol. The zero-order valence-corrected chi connectivity index (χ0v) is 8.75. The van der Waals surface area contributed by atoms with Gasteiger partial charge in [0.05, 0.1) is 11.5 Å². The minimum Gasteiger partial charge on any atom is -0.492 e. The fourth-order valence-corrected chi connectivity index (χ4v) is 1.78. The van der Waals surface area contributed by atoms with E-state index in [1.807, 2.05) is 0 Å². The molecule has 0 unspecified atom stereocenters. The smallest absolute Gasteiger partial charge is 0.339 e. The first-order chi connectivity index (χ1) is 8.00. The number of benzene rings is 1. The minimum absolute atomic E-state index is 0.141. The second kappa shape index (κ2) is 4.02. The molecule has 1 heterocycles. The lowest BCUT2D eigenvalue weighted by atomic mass is 9.97. The van der Waals surface area contributed by atoms with Crippen molar-refractivity contribution in [3.63, 3.8) is 0 Å². The maximum atomic E-state index is 11.0. The number of carbonyl (C=O) groups is 1. The number of nitro benzene ring substituents is 1. The molecule has 1 aromatic rings. The zero-order chi connectivity index (χ0) is 12.6. The van der Waals surface area contributed by atoms with Gasteiger partial charge >= 0.3 is 5.97 Å². The summed E-state index contributed by atoms with van der Waals surface area (Å²) in [5.74, 6) is -1.12. The van der Waals surface area contributed by atoms with Crippen LogP contribution in [0.5, 0.6) is 5.75 Å². The molecule has 0 aliphatic carbocycles. The molecule has 0 saturated heterocycles. The highest BCUT2D eigenvalue weighted by Gasteiger charge is 2.27. The molecule has 2 rings (SSSR count). The molecule has 7 nitrogen and oxygen atoms in total. The predicted octanol–water partition coefficient (Wildman–Crippen LogP) is 1.08. The molecular formula is C10H10N2O5. The van der Waals surface area contributed by atoms with Crippen molar-refractivity contribution in [1.82, 2.24) is 0 Å². The van der Waals surface area contributed by atoms with Crippen LogP contribution in [0.3, 0.4) is 0 Å². The van der Waals surface area contributed by atoms with Crippen LogP contribution in [0.25, 0.3) is 0 Å². The van der Waals surface area contributed by atoms with E-state index in [0.29, 0.717) is 18.6 Å². The summed E-state index contributed by atoms with van der Waals surface area (Å²) in [4.78, 5) is 21.1. The van der Waals surface area contributed by atoms with Crippen molar-refractivity contribution >= 4 is 11.7 Å². The third-order valence-corrected chi connectivity index (χ3v) is 2.62. The van der Waals surface area contributed by atoms with Crippen LogP contribution in [0.1, 0.15) is 28.4 Å². The number of fused-ring (bicyclic) bond motifs is 1. The van der Waals surface area contributed by atoms with E-state index in [-0.39, 0.29) is 17.0 Å². The number of nitrogens with zero attached hydrogens (tertiary/aromatic N) is 1. The fourth-order valence-electron chi connectivity index (χ4n) is 1.78. The number of hydrogen-bond acceptors (Lipinski definition) is 5. The number of nitro groups is 1. The Kier molecular flexibility index (Phi) is 2.68. The molecule has 1 atom stereocenters. The van der Waals surface area contributed by atoms with Gasteiger partial charge in [-0.3, -0.25) is 10.1 Å². The largest absolute Gasteiger partial charge is 0.492 e. The third kappa shape index (κ3) is 1.92. The first kappa shape index (κ1) is 11.3. The van der Waals surface area contributed by atoms with Crippen molar-refractivity contribution in [2.24, 2.45) is 5.73 Å². The number of rotatable bonds is 2. The average molecular weight is 238 g/mol. The second-order valence-corrected chi connectivity index (χ2v) is 3.72. The van der Waals surface area contributed by atoms with E-state index < -0.39 is 16.9 Å².